The van der Waals surface area contributed by atoms with Crippen LogP contribution in [0.15, 0.2) is 40.2 Å². The fourth-order valence-electron chi connectivity index (χ4n) is 2.28. The number of halogens is 1. The summed E-state index contributed by atoms with van der Waals surface area (Å²) in [6.45, 7) is 10.6. The normalized spacial score (nSPS) is 13.1. The summed E-state index contributed by atoms with van der Waals surface area (Å²) in [7, 11) is 0. The second-order valence-electron chi connectivity index (χ2n) is 7.07. The maximum atomic E-state index is 12.3. The Morgan fingerprint density at radius 1 is 1.25 bits per heavy atom. The summed E-state index contributed by atoms with van der Waals surface area (Å²) in [5.41, 5.74) is 2.46. The molecule has 1 heterocycles. The van der Waals surface area contributed by atoms with Gasteiger partial charge in [0.1, 0.15) is 5.02 Å². The largest absolute Gasteiger partial charge is 0.286 e. The van der Waals surface area contributed by atoms with E-state index in [1.165, 1.54) is 15.8 Å². The molecule has 130 valence electrons. The van der Waals surface area contributed by atoms with Gasteiger partial charge < -0.3 is 0 Å². The predicted molar refractivity (Wildman–Crippen MR) is 103 cm³/mol. The highest BCUT2D eigenvalue weighted by Gasteiger charge is 2.14. The Hall–Kier alpha value is -1.26. The van der Waals surface area contributed by atoms with E-state index in [0.29, 0.717) is 0 Å². The fraction of sp³-hybridized carbons (Fsp3) is 0.474. The molecule has 24 heavy (non-hydrogen) atoms. The van der Waals surface area contributed by atoms with Crippen molar-refractivity contribution in [2.75, 3.05) is 0 Å². The Bertz CT molecular complexity index is 747. The lowest BCUT2D eigenvalue weighted by Crippen LogP contribution is -2.26. The van der Waals surface area contributed by atoms with Crippen molar-refractivity contribution in [3.05, 3.63) is 57.0 Å². The molecule has 0 aliphatic heterocycles. The molecule has 0 amide bonds. The van der Waals surface area contributed by atoms with Crippen LogP contribution in [0.5, 0.6) is 0 Å². The summed E-state index contributed by atoms with van der Waals surface area (Å²) in [6, 6.07) is 8.65. The zero-order valence-electron chi connectivity index (χ0n) is 15.0. The molecule has 0 aliphatic carbocycles. The summed E-state index contributed by atoms with van der Waals surface area (Å²) in [4.78, 5) is 13.0. The maximum absolute atomic E-state index is 12.3. The Morgan fingerprint density at radius 3 is 2.42 bits per heavy atom. The van der Waals surface area contributed by atoms with Gasteiger partial charge >= 0.3 is 0 Å². The molecule has 5 heteroatoms. The van der Waals surface area contributed by atoms with Crippen molar-refractivity contribution >= 4 is 23.4 Å². The highest BCUT2D eigenvalue weighted by atomic mass is 35.5. The van der Waals surface area contributed by atoms with Gasteiger partial charge in [0.05, 0.1) is 17.1 Å². The number of nitrogens with zero attached hydrogens (tertiary/aromatic N) is 2. The maximum Gasteiger partial charge on any atom is 0.286 e. The van der Waals surface area contributed by atoms with Gasteiger partial charge in [0.15, 0.2) is 0 Å². The molecule has 1 atom stereocenters. The summed E-state index contributed by atoms with van der Waals surface area (Å²) in [5, 5.41) is 4.53. The molecule has 2 rings (SSSR count). The van der Waals surface area contributed by atoms with Crippen LogP contribution in [0, 0.1) is 0 Å². The summed E-state index contributed by atoms with van der Waals surface area (Å²) in [6.07, 6.45) is 2.54. The van der Waals surface area contributed by atoms with Gasteiger partial charge in [-0.1, -0.05) is 63.6 Å². The van der Waals surface area contributed by atoms with Crippen molar-refractivity contribution in [3.63, 3.8) is 0 Å². The van der Waals surface area contributed by atoms with E-state index in [4.69, 9.17) is 11.6 Å². The van der Waals surface area contributed by atoms with Gasteiger partial charge in [0.2, 0.25) is 0 Å². The number of thioether (sulfide) groups is 1. The molecule has 0 bridgehead atoms. The van der Waals surface area contributed by atoms with E-state index >= 15 is 0 Å². The van der Waals surface area contributed by atoms with Gasteiger partial charge in [-0.05, 0) is 29.9 Å². The molecule has 1 aromatic carbocycles. The van der Waals surface area contributed by atoms with Crippen LogP contribution >= 0.6 is 23.4 Å². The Morgan fingerprint density at radius 2 is 1.88 bits per heavy atom. The molecule has 1 aromatic heterocycles. The molecule has 1 unspecified atom stereocenters. The third-order valence-electron chi connectivity index (χ3n) is 4.13. The van der Waals surface area contributed by atoms with Gasteiger partial charge in [-0.2, -0.15) is 5.10 Å². The second kappa shape index (κ2) is 7.75. The number of hydrogen-bond donors (Lipinski definition) is 0. The van der Waals surface area contributed by atoms with E-state index in [1.807, 2.05) is 13.8 Å². The van der Waals surface area contributed by atoms with Crippen LogP contribution in [0.4, 0.5) is 0 Å². The van der Waals surface area contributed by atoms with Gasteiger partial charge in [-0.3, -0.25) is 4.79 Å². The molecule has 0 fully saturated rings. The number of hydrogen-bond acceptors (Lipinski definition) is 3. The third-order valence-corrected chi connectivity index (χ3v) is 5.71. The Labute approximate surface area is 153 Å². The van der Waals surface area contributed by atoms with E-state index in [1.54, 1.807) is 18.0 Å². The van der Waals surface area contributed by atoms with Gasteiger partial charge in [-0.15, -0.1) is 11.8 Å². The van der Waals surface area contributed by atoms with Crippen LogP contribution in [0.3, 0.4) is 0 Å². The van der Waals surface area contributed by atoms with Crippen molar-refractivity contribution in [2.24, 2.45) is 0 Å². The topological polar surface area (TPSA) is 34.9 Å². The van der Waals surface area contributed by atoms with Crippen LogP contribution in [-0.4, -0.2) is 9.78 Å². The van der Waals surface area contributed by atoms with Gasteiger partial charge in [0, 0.05) is 5.75 Å². The van der Waals surface area contributed by atoms with Crippen LogP contribution in [0.25, 0.3) is 0 Å². The van der Waals surface area contributed by atoms with E-state index in [9.17, 15) is 4.79 Å². The molecule has 2 aromatic rings. The summed E-state index contributed by atoms with van der Waals surface area (Å²) in [5.74, 6) is 0.763. The Kier molecular flexibility index (Phi) is 6.16. The minimum atomic E-state index is -0.209. The molecule has 0 N–H and O–H groups in total. The monoisotopic (exact) mass is 364 g/mol. The van der Waals surface area contributed by atoms with Crippen molar-refractivity contribution in [2.45, 2.75) is 63.1 Å². The first-order chi connectivity index (χ1) is 11.2. The highest BCUT2D eigenvalue weighted by Crippen LogP contribution is 2.28. The lowest BCUT2D eigenvalue weighted by atomic mass is 9.87. The number of aromatic nitrogens is 2. The Balaban J connectivity index is 2.12. The van der Waals surface area contributed by atoms with E-state index < -0.39 is 0 Å². The molecular weight excluding hydrogens is 340 g/mol. The quantitative estimate of drug-likeness (QED) is 0.661. The number of benzene rings is 1. The molecule has 0 saturated carbocycles. The smallest absolute Gasteiger partial charge is 0.266 e. The first-order valence-corrected chi connectivity index (χ1v) is 9.60. The first kappa shape index (κ1) is 19.1. The highest BCUT2D eigenvalue weighted by molar-refractivity contribution is 7.98. The standard InChI is InChI=1S/C19H25ClN2OS/c1-6-13(2)22-18(23)17(20)16(11-21-22)24-12-14-7-9-15(10-8-14)19(3,4)5/h7-11,13H,6,12H2,1-5H3. The van der Waals surface area contributed by atoms with Crippen molar-refractivity contribution in [1.29, 1.82) is 0 Å². The minimum Gasteiger partial charge on any atom is -0.266 e. The lowest BCUT2D eigenvalue weighted by Gasteiger charge is -2.19. The van der Waals surface area contributed by atoms with Gasteiger partial charge in [0.25, 0.3) is 5.56 Å². The minimum absolute atomic E-state index is 0.0546. The molecular formula is C19H25ClN2OS. The van der Waals surface area contributed by atoms with Crippen LogP contribution in [0.1, 0.15) is 58.2 Å². The van der Waals surface area contributed by atoms with E-state index in [0.717, 1.165) is 17.1 Å². The van der Waals surface area contributed by atoms with Crippen LogP contribution in [-0.2, 0) is 11.2 Å². The molecule has 3 nitrogen and oxygen atoms in total. The zero-order chi connectivity index (χ0) is 17.9. The van der Waals surface area contributed by atoms with Crippen LogP contribution < -0.4 is 5.56 Å². The van der Waals surface area contributed by atoms with Crippen LogP contribution in [0.2, 0.25) is 5.02 Å². The molecule has 0 spiro atoms. The average molecular weight is 365 g/mol. The zero-order valence-corrected chi connectivity index (χ0v) is 16.5. The van der Waals surface area contributed by atoms with E-state index in [-0.39, 0.29) is 22.0 Å². The second-order valence-corrected chi connectivity index (χ2v) is 8.46. The first-order valence-electron chi connectivity index (χ1n) is 8.23. The molecule has 0 saturated heterocycles. The summed E-state index contributed by atoms with van der Waals surface area (Å²) < 4.78 is 1.46. The van der Waals surface area contributed by atoms with Crippen molar-refractivity contribution in [3.8, 4) is 0 Å². The summed E-state index contributed by atoms with van der Waals surface area (Å²) >= 11 is 7.80. The fourth-order valence-corrected chi connectivity index (χ4v) is 3.43. The SMILES string of the molecule is CCC(C)n1ncc(SCc2ccc(C(C)(C)C)cc2)c(Cl)c1=O. The molecule has 0 aliphatic rings. The molecule has 0 radical (unpaired) electrons. The van der Waals surface area contributed by atoms with Gasteiger partial charge in [-0.25, -0.2) is 4.68 Å². The van der Waals surface area contributed by atoms with Crippen molar-refractivity contribution < 1.29 is 0 Å². The third kappa shape index (κ3) is 4.42. The van der Waals surface area contributed by atoms with Crippen molar-refractivity contribution in [1.82, 2.24) is 9.78 Å². The lowest BCUT2D eigenvalue weighted by molar-refractivity contribution is 0.451. The predicted octanol–water partition coefficient (Wildman–Crippen LogP) is 5.46. The van der Waals surface area contributed by atoms with E-state index in [2.05, 4.69) is 50.1 Å². The average Bonchev–Trinajstić information content (AvgIpc) is 2.55. The number of rotatable bonds is 5.